The molecule has 0 aromatic heterocycles. The van der Waals surface area contributed by atoms with E-state index in [1.54, 1.807) is 40.9 Å². The third-order valence-electron chi connectivity index (χ3n) is 4.80. The molecule has 5 rings (SSSR count). The summed E-state index contributed by atoms with van der Waals surface area (Å²) >= 11 is 2.98. The SMILES string of the molecule is CN1C(=C2SC(=Nc3ccc(O)cc3)N(c3ccccc3)C2=O)Sc2ccccc21. The third kappa shape index (κ3) is 3.26. The minimum Gasteiger partial charge on any atom is -0.508 e. The topological polar surface area (TPSA) is 56.1 Å². The summed E-state index contributed by atoms with van der Waals surface area (Å²) in [6.45, 7) is 0. The first-order valence-electron chi connectivity index (χ1n) is 9.32. The van der Waals surface area contributed by atoms with Gasteiger partial charge >= 0.3 is 0 Å². The smallest absolute Gasteiger partial charge is 0.274 e. The molecule has 1 saturated heterocycles. The zero-order valence-electron chi connectivity index (χ0n) is 16.0. The Hall–Kier alpha value is -3.16. The van der Waals surface area contributed by atoms with E-state index >= 15 is 0 Å². The quantitative estimate of drug-likeness (QED) is 0.538. The van der Waals surface area contributed by atoms with Gasteiger partial charge < -0.3 is 10.0 Å². The highest BCUT2D eigenvalue weighted by atomic mass is 32.2. The zero-order valence-corrected chi connectivity index (χ0v) is 17.7. The number of benzene rings is 3. The molecular weight excluding hydrogens is 414 g/mol. The lowest BCUT2D eigenvalue weighted by Crippen LogP contribution is -2.29. The Morgan fingerprint density at radius 1 is 0.867 bits per heavy atom. The van der Waals surface area contributed by atoms with Crippen molar-refractivity contribution in [1.82, 2.24) is 0 Å². The van der Waals surface area contributed by atoms with Crippen LogP contribution in [-0.4, -0.2) is 23.2 Å². The van der Waals surface area contributed by atoms with Crippen LogP contribution in [0.1, 0.15) is 0 Å². The maximum absolute atomic E-state index is 13.5. The van der Waals surface area contributed by atoms with Crippen molar-refractivity contribution in [3.63, 3.8) is 0 Å². The fraction of sp³-hybridized carbons (Fsp3) is 0.0435. The zero-order chi connectivity index (χ0) is 20.7. The molecule has 0 saturated carbocycles. The van der Waals surface area contributed by atoms with E-state index in [0.29, 0.717) is 15.8 Å². The highest BCUT2D eigenvalue weighted by Crippen LogP contribution is 2.50. The molecule has 30 heavy (non-hydrogen) atoms. The molecule has 0 spiro atoms. The number of thioether (sulfide) groups is 2. The normalized spacial score (nSPS) is 19.6. The first kappa shape index (κ1) is 18.8. The highest BCUT2D eigenvalue weighted by Gasteiger charge is 2.39. The van der Waals surface area contributed by atoms with Crippen molar-refractivity contribution in [2.24, 2.45) is 4.99 Å². The van der Waals surface area contributed by atoms with Crippen molar-refractivity contribution in [2.75, 3.05) is 16.8 Å². The number of nitrogens with zero attached hydrogens (tertiary/aromatic N) is 3. The van der Waals surface area contributed by atoms with Gasteiger partial charge in [-0.2, -0.15) is 0 Å². The van der Waals surface area contributed by atoms with Crippen LogP contribution < -0.4 is 9.80 Å². The molecule has 3 aromatic carbocycles. The molecule has 3 aromatic rings. The van der Waals surface area contributed by atoms with Gasteiger partial charge in [-0.05, 0) is 60.3 Å². The van der Waals surface area contributed by atoms with Crippen LogP contribution in [0.25, 0.3) is 0 Å². The largest absolute Gasteiger partial charge is 0.508 e. The third-order valence-corrected chi connectivity index (χ3v) is 7.20. The number of phenols is 1. The number of rotatable bonds is 2. The van der Waals surface area contributed by atoms with Crippen molar-refractivity contribution in [3.05, 3.63) is 88.8 Å². The predicted molar refractivity (Wildman–Crippen MR) is 124 cm³/mol. The number of carbonyl (C=O) groups excluding carboxylic acids is 1. The molecule has 0 radical (unpaired) electrons. The van der Waals surface area contributed by atoms with Crippen molar-refractivity contribution >= 4 is 51.7 Å². The predicted octanol–water partition coefficient (Wildman–Crippen LogP) is 5.57. The molecule has 7 heteroatoms. The standard InChI is InChI=1S/C23H17N3O2S2/c1-25-18-9-5-6-10-19(18)29-22(25)20-21(28)26(16-7-3-2-4-8-16)23(30-20)24-15-11-13-17(27)14-12-15/h2-14,27H,1H3. The van der Waals surface area contributed by atoms with Crippen molar-refractivity contribution in [1.29, 1.82) is 0 Å². The van der Waals surface area contributed by atoms with Gasteiger partial charge in [0.05, 0.1) is 22.1 Å². The Balaban J connectivity index is 1.61. The Morgan fingerprint density at radius 2 is 1.57 bits per heavy atom. The number of amides is 1. The van der Waals surface area contributed by atoms with Gasteiger partial charge in [0, 0.05) is 11.9 Å². The summed E-state index contributed by atoms with van der Waals surface area (Å²) in [6.07, 6.45) is 0. The summed E-state index contributed by atoms with van der Waals surface area (Å²) in [5.74, 6) is 0.0875. The van der Waals surface area contributed by atoms with Crippen LogP contribution in [0, 0.1) is 0 Å². The first-order valence-corrected chi connectivity index (χ1v) is 10.9. The van der Waals surface area contributed by atoms with Gasteiger partial charge in [0.1, 0.15) is 10.7 Å². The molecule has 0 atom stereocenters. The molecule has 5 nitrogen and oxygen atoms in total. The first-order chi connectivity index (χ1) is 14.6. The number of phenolic OH excluding ortho intramolecular Hbond substituents is 1. The number of aromatic hydroxyl groups is 1. The summed E-state index contributed by atoms with van der Waals surface area (Å²) < 4.78 is 0. The number of hydrogen-bond acceptors (Lipinski definition) is 6. The molecule has 1 fully saturated rings. The average Bonchev–Trinajstić information content (AvgIpc) is 3.27. The van der Waals surface area contributed by atoms with E-state index in [9.17, 15) is 9.90 Å². The van der Waals surface area contributed by atoms with Crippen molar-refractivity contribution < 1.29 is 9.90 Å². The second-order valence-corrected chi connectivity index (χ2v) is 8.76. The fourth-order valence-corrected chi connectivity index (χ4v) is 5.67. The van der Waals surface area contributed by atoms with Gasteiger partial charge in [-0.15, -0.1) is 0 Å². The number of hydrogen-bond donors (Lipinski definition) is 1. The van der Waals surface area contributed by atoms with Gasteiger partial charge in [-0.3, -0.25) is 9.69 Å². The minimum atomic E-state index is -0.0918. The average molecular weight is 432 g/mol. The van der Waals surface area contributed by atoms with E-state index in [2.05, 4.69) is 17.0 Å². The van der Waals surface area contributed by atoms with Gasteiger partial charge in [0.25, 0.3) is 5.91 Å². The van der Waals surface area contributed by atoms with Crippen molar-refractivity contribution in [3.8, 4) is 5.75 Å². The van der Waals surface area contributed by atoms with E-state index in [1.807, 2.05) is 49.5 Å². The Morgan fingerprint density at radius 3 is 2.30 bits per heavy atom. The maximum Gasteiger partial charge on any atom is 0.274 e. The van der Waals surface area contributed by atoms with E-state index < -0.39 is 0 Å². The summed E-state index contributed by atoms with van der Waals surface area (Å²) in [5.41, 5.74) is 2.53. The van der Waals surface area contributed by atoms with Crippen LogP contribution in [0.3, 0.4) is 0 Å². The summed E-state index contributed by atoms with van der Waals surface area (Å²) in [4.78, 5) is 23.7. The van der Waals surface area contributed by atoms with Gasteiger partial charge in [-0.1, -0.05) is 42.1 Å². The highest BCUT2D eigenvalue weighted by molar-refractivity contribution is 8.20. The van der Waals surface area contributed by atoms with Gasteiger partial charge in [0.15, 0.2) is 5.17 Å². The maximum atomic E-state index is 13.5. The van der Waals surface area contributed by atoms with Crippen LogP contribution in [0.4, 0.5) is 17.1 Å². The number of aliphatic imine (C=N–C) groups is 1. The van der Waals surface area contributed by atoms with Crippen molar-refractivity contribution in [2.45, 2.75) is 4.90 Å². The molecule has 0 bridgehead atoms. The van der Waals surface area contributed by atoms with Crippen LogP contribution in [-0.2, 0) is 4.79 Å². The van der Waals surface area contributed by atoms with Gasteiger partial charge in [-0.25, -0.2) is 4.99 Å². The number of fused-ring (bicyclic) bond motifs is 1. The van der Waals surface area contributed by atoms with Crippen LogP contribution in [0.2, 0.25) is 0 Å². The lowest BCUT2D eigenvalue weighted by atomic mass is 10.3. The summed E-state index contributed by atoms with van der Waals surface area (Å²) in [7, 11) is 1.98. The van der Waals surface area contributed by atoms with E-state index in [0.717, 1.165) is 21.3 Å². The van der Waals surface area contributed by atoms with Gasteiger partial charge in [0.2, 0.25) is 0 Å². The summed E-state index contributed by atoms with van der Waals surface area (Å²) in [5, 5.41) is 11.0. The second kappa shape index (κ2) is 7.59. The van der Waals surface area contributed by atoms with E-state index in [1.165, 1.54) is 11.8 Å². The number of carbonyl (C=O) groups is 1. The fourth-order valence-electron chi connectivity index (χ4n) is 3.32. The Bertz CT molecular complexity index is 1190. The van der Waals surface area contributed by atoms with Crippen LogP contribution >= 0.6 is 23.5 Å². The van der Waals surface area contributed by atoms with Crippen LogP contribution in [0.15, 0.2) is 98.7 Å². The number of anilines is 2. The second-order valence-electron chi connectivity index (χ2n) is 6.75. The lowest BCUT2D eigenvalue weighted by molar-refractivity contribution is -0.113. The Kier molecular flexibility index (Phi) is 4.77. The Labute approximate surface area is 182 Å². The molecule has 0 aliphatic carbocycles. The molecule has 1 amide bonds. The van der Waals surface area contributed by atoms with Crippen LogP contribution in [0.5, 0.6) is 5.75 Å². The monoisotopic (exact) mass is 431 g/mol. The number of amidine groups is 1. The molecule has 2 heterocycles. The molecular formula is C23H17N3O2S2. The lowest BCUT2D eigenvalue weighted by Gasteiger charge is -2.16. The minimum absolute atomic E-state index is 0.0918. The van der Waals surface area contributed by atoms with E-state index in [-0.39, 0.29) is 11.7 Å². The molecule has 0 unspecified atom stereocenters. The number of para-hydroxylation sites is 2. The molecule has 148 valence electrons. The summed E-state index contributed by atoms with van der Waals surface area (Å²) in [6, 6.07) is 24.3. The van der Waals surface area contributed by atoms with E-state index in [4.69, 9.17) is 4.99 Å². The molecule has 2 aliphatic heterocycles. The molecule has 2 aliphatic rings. The molecule has 1 N–H and O–H groups in total.